The SMILES string of the molecule is CCn1cc(S(=O)(=O)N2CCN(S(=O)(=O)c3ccc(C(C)(C)C)cc3)CC2)c(C)n1. The first kappa shape index (κ1) is 22.9. The maximum Gasteiger partial charge on any atom is 0.246 e. The Morgan fingerprint density at radius 3 is 1.83 bits per heavy atom. The Bertz CT molecular complexity index is 1110. The van der Waals surface area contributed by atoms with Crippen molar-refractivity contribution >= 4 is 20.0 Å². The minimum absolute atomic E-state index is 0.0635. The van der Waals surface area contributed by atoms with E-state index < -0.39 is 20.0 Å². The zero-order chi connectivity index (χ0) is 22.3. The number of benzene rings is 1. The van der Waals surface area contributed by atoms with Crippen molar-refractivity contribution in [2.75, 3.05) is 26.2 Å². The molecule has 0 bridgehead atoms. The van der Waals surface area contributed by atoms with Crippen LogP contribution in [0, 0.1) is 6.92 Å². The van der Waals surface area contributed by atoms with Gasteiger partial charge in [0.15, 0.2) is 0 Å². The molecule has 1 saturated heterocycles. The van der Waals surface area contributed by atoms with Crippen LogP contribution in [0.3, 0.4) is 0 Å². The Morgan fingerprint density at radius 1 is 0.900 bits per heavy atom. The van der Waals surface area contributed by atoms with Crippen molar-refractivity contribution < 1.29 is 16.8 Å². The second-order valence-corrected chi connectivity index (χ2v) is 12.4. The molecule has 2 aromatic rings. The summed E-state index contributed by atoms with van der Waals surface area (Å²) in [6, 6.07) is 6.92. The minimum atomic E-state index is -3.71. The maximum atomic E-state index is 13.0. The molecular weight excluding hydrogens is 424 g/mol. The molecule has 8 nitrogen and oxygen atoms in total. The predicted octanol–water partition coefficient (Wildman–Crippen LogP) is 2.20. The molecule has 1 aromatic carbocycles. The van der Waals surface area contributed by atoms with E-state index in [4.69, 9.17) is 0 Å². The fourth-order valence-corrected chi connectivity index (χ4v) is 6.49. The van der Waals surface area contributed by atoms with Crippen molar-refractivity contribution in [3.05, 3.63) is 41.7 Å². The molecule has 2 heterocycles. The molecule has 0 amide bonds. The van der Waals surface area contributed by atoms with E-state index in [1.807, 2.05) is 19.1 Å². The van der Waals surface area contributed by atoms with Crippen LogP contribution in [0.5, 0.6) is 0 Å². The van der Waals surface area contributed by atoms with Crippen LogP contribution in [0.2, 0.25) is 0 Å². The Kier molecular flexibility index (Phi) is 6.16. The van der Waals surface area contributed by atoms with Crippen LogP contribution in [0.4, 0.5) is 0 Å². The van der Waals surface area contributed by atoms with E-state index in [1.165, 1.54) is 14.8 Å². The van der Waals surface area contributed by atoms with Gasteiger partial charge in [-0.2, -0.15) is 13.7 Å². The minimum Gasteiger partial charge on any atom is -0.271 e. The van der Waals surface area contributed by atoms with E-state index >= 15 is 0 Å². The summed E-state index contributed by atoms with van der Waals surface area (Å²) in [5, 5.41) is 4.21. The zero-order valence-corrected chi connectivity index (χ0v) is 19.8. The summed E-state index contributed by atoms with van der Waals surface area (Å²) < 4.78 is 56.3. The van der Waals surface area contributed by atoms with Crippen LogP contribution in [0.1, 0.15) is 39.0 Å². The number of hydrogen-bond donors (Lipinski definition) is 0. The first-order chi connectivity index (χ1) is 13.9. The second kappa shape index (κ2) is 8.07. The number of rotatable bonds is 5. The summed E-state index contributed by atoms with van der Waals surface area (Å²) in [6.45, 7) is 10.8. The molecule has 10 heteroatoms. The topological polar surface area (TPSA) is 92.6 Å². The summed E-state index contributed by atoms with van der Waals surface area (Å²) in [7, 11) is -7.38. The number of nitrogens with zero attached hydrogens (tertiary/aromatic N) is 4. The van der Waals surface area contributed by atoms with Gasteiger partial charge >= 0.3 is 0 Å². The molecule has 0 radical (unpaired) electrons. The van der Waals surface area contributed by atoms with E-state index in [0.29, 0.717) is 12.2 Å². The van der Waals surface area contributed by atoms with Crippen molar-refractivity contribution in [2.24, 2.45) is 0 Å². The van der Waals surface area contributed by atoms with E-state index in [0.717, 1.165) is 5.56 Å². The molecule has 1 aromatic heterocycles. The molecule has 30 heavy (non-hydrogen) atoms. The summed E-state index contributed by atoms with van der Waals surface area (Å²) in [6.07, 6.45) is 1.53. The van der Waals surface area contributed by atoms with Crippen LogP contribution in [0.15, 0.2) is 40.3 Å². The molecule has 0 saturated carbocycles. The van der Waals surface area contributed by atoms with Crippen LogP contribution in [0.25, 0.3) is 0 Å². The van der Waals surface area contributed by atoms with Crippen molar-refractivity contribution in [1.82, 2.24) is 18.4 Å². The van der Waals surface area contributed by atoms with Gasteiger partial charge in [-0.15, -0.1) is 0 Å². The van der Waals surface area contributed by atoms with Crippen LogP contribution < -0.4 is 0 Å². The third-order valence-corrected chi connectivity index (χ3v) is 9.31. The quantitative estimate of drug-likeness (QED) is 0.691. The fraction of sp³-hybridized carbons (Fsp3) is 0.550. The van der Waals surface area contributed by atoms with Gasteiger partial charge in [-0.05, 0) is 37.0 Å². The Hall–Kier alpha value is -1.75. The average Bonchev–Trinajstić information content (AvgIpc) is 3.09. The largest absolute Gasteiger partial charge is 0.271 e. The van der Waals surface area contributed by atoms with Crippen LogP contribution in [-0.2, 0) is 32.0 Å². The van der Waals surface area contributed by atoms with E-state index in [1.54, 1.807) is 23.7 Å². The fourth-order valence-electron chi connectivity index (χ4n) is 3.48. The molecule has 1 aliphatic heterocycles. The molecule has 0 N–H and O–H groups in total. The number of piperazine rings is 1. The summed E-state index contributed by atoms with van der Waals surface area (Å²) >= 11 is 0. The third kappa shape index (κ3) is 4.32. The lowest BCUT2D eigenvalue weighted by molar-refractivity contribution is 0.272. The van der Waals surface area contributed by atoms with Crippen molar-refractivity contribution in [3.63, 3.8) is 0 Å². The number of aryl methyl sites for hydroxylation is 2. The number of sulfonamides is 2. The Balaban J connectivity index is 1.75. The lowest BCUT2D eigenvalue weighted by atomic mass is 9.87. The first-order valence-corrected chi connectivity index (χ1v) is 12.9. The van der Waals surface area contributed by atoms with E-state index in [2.05, 4.69) is 25.9 Å². The lowest BCUT2D eigenvalue weighted by Crippen LogP contribution is -2.50. The molecular formula is C20H30N4O4S2. The third-order valence-electron chi connectivity index (χ3n) is 5.40. The molecule has 1 aliphatic rings. The van der Waals surface area contributed by atoms with Crippen molar-refractivity contribution in [2.45, 2.75) is 56.4 Å². The van der Waals surface area contributed by atoms with Gasteiger partial charge in [-0.25, -0.2) is 16.8 Å². The lowest BCUT2D eigenvalue weighted by Gasteiger charge is -2.33. The first-order valence-electron chi connectivity index (χ1n) is 10.0. The summed E-state index contributed by atoms with van der Waals surface area (Å²) in [5.41, 5.74) is 1.44. The Morgan fingerprint density at radius 2 is 1.40 bits per heavy atom. The monoisotopic (exact) mass is 454 g/mol. The molecule has 0 spiro atoms. The summed E-state index contributed by atoms with van der Waals surface area (Å²) in [4.78, 5) is 0.408. The highest BCUT2D eigenvalue weighted by atomic mass is 32.2. The van der Waals surface area contributed by atoms with Crippen LogP contribution in [-0.4, -0.2) is 61.4 Å². The van der Waals surface area contributed by atoms with E-state index in [9.17, 15) is 16.8 Å². The summed E-state index contributed by atoms with van der Waals surface area (Å²) in [5.74, 6) is 0. The maximum absolute atomic E-state index is 13.0. The van der Waals surface area contributed by atoms with Gasteiger partial charge in [0.1, 0.15) is 4.90 Å². The highest BCUT2D eigenvalue weighted by Crippen LogP contribution is 2.26. The molecule has 166 valence electrons. The van der Waals surface area contributed by atoms with Gasteiger partial charge in [-0.3, -0.25) is 4.68 Å². The Labute approximate surface area is 179 Å². The van der Waals surface area contributed by atoms with E-state index in [-0.39, 0.29) is 41.4 Å². The molecule has 0 unspecified atom stereocenters. The van der Waals surface area contributed by atoms with Gasteiger partial charge in [0.05, 0.1) is 10.6 Å². The van der Waals surface area contributed by atoms with Gasteiger partial charge in [0.25, 0.3) is 0 Å². The molecule has 1 fully saturated rings. The second-order valence-electron chi connectivity index (χ2n) is 8.52. The molecule has 0 atom stereocenters. The number of hydrogen-bond acceptors (Lipinski definition) is 5. The smallest absolute Gasteiger partial charge is 0.246 e. The van der Waals surface area contributed by atoms with Crippen molar-refractivity contribution in [3.8, 4) is 0 Å². The predicted molar refractivity (Wildman–Crippen MR) is 115 cm³/mol. The van der Waals surface area contributed by atoms with Gasteiger partial charge in [-0.1, -0.05) is 32.9 Å². The molecule has 3 rings (SSSR count). The van der Waals surface area contributed by atoms with Gasteiger partial charge in [0.2, 0.25) is 20.0 Å². The standard InChI is InChI=1S/C20H30N4O4S2/c1-6-22-15-19(16(2)21-22)30(27,28)24-13-11-23(12-14-24)29(25,26)18-9-7-17(8-10-18)20(3,4)5/h7-10,15H,6,11-14H2,1-5H3. The highest BCUT2D eigenvalue weighted by molar-refractivity contribution is 7.89. The average molecular weight is 455 g/mol. The molecule has 0 aliphatic carbocycles. The normalized spacial score (nSPS) is 17.4. The van der Waals surface area contributed by atoms with Crippen molar-refractivity contribution in [1.29, 1.82) is 0 Å². The van der Waals surface area contributed by atoms with Gasteiger partial charge in [0, 0.05) is 38.9 Å². The zero-order valence-electron chi connectivity index (χ0n) is 18.2. The van der Waals surface area contributed by atoms with Crippen LogP contribution >= 0.6 is 0 Å². The highest BCUT2D eigenvalue weighted by Gasteiger charge is 2.35. The number of aromatic nitrogens is 2. The van der Waals surface area contributed by atoms with Gasteiger partial charge < -0.3 is 0 Å².